The monoisotopic (exact) mass is 641 g/mol. The van der Waals surface area contributed by atoms with Crippen LogP contribution in [0.3, 0.4) is 0 Å². The molecule has 206 valence electrons. The smallest absolute Gasteiger partial charge is 0.245 e. The maximum Gasteiger partial charge on any atom is 0.245 e. The molecule has 0 bridgehead atoms. The van der Waals surface area contributed by atoms with Crippen molar-refractivity contribution >= 4 is 60.7 Å². The van der Waals surface area contributed by atoms with Crippen LogP contribution in [0.5, 0.6) is 0 Å². The van der Waals surface area contributed by atoms with Crippen molar-refractivity contribution < 1.29 is 18.0 Å². The Hall–Kier alpha value is -1.51. The summed E-state index contributed by atoms with van der Waals surface area (Å²) < 4.78 is 30.5. The van der Waals surface area contributed by atoms with E-state index in [1.807, 2.05) is 34.6 Å². The Bertz CT molecular complexity index is 1360. The van der Waals surface area contributed by atoms with Gasteiger partial charge < -0.3 is 0 Å². The van der Waals surface area contributed by atoms with Crippen LogP contribution in [0, 0.1) is 17.3 Å². The molecule has 0 aromatic heterocycles. The zero-order valence-electron chi connectivity index (χ0n) is 22.5. The number of ketones is 2. The van der Waals surface area contributed by atoms with E-state index in [0.717, 1.165) is 0 Å². The van der Waals surface area contributed by atoms with E-state index in [2.05, 4.69) is 15.9 Å². The summed E-state index contributed by atoms with van der Waals surface area (Å²) in [5, 5.41) is 0.585. The molecule has 38 heavy (non-hydrogen) atoms. The van der Waals surface area contributed by atoms with Crippen LogP contribution in [0.4, 0.5) is 0 Å². The number of hydrogen-bond acceptors (Lipinski definition) is 4. The molecule has 1 aliphatic heterocycles. The van der Waals surface area contributed by atoms with E-state index in [-0.39, 0.29) is 33.8 Å². The van der Waals surface area contributed by atoms with E-state index >= 15 is 0 Å². The fraction of sp³-hybridized carbons (Fsp3) is 0.448. The van der Waals surface area contributed by atoms with Crippen LogP contribution in [-0.2, 0) is 19.6 Å². The Kier molecular flexibility index (Phi) is 9.74. The summed E-state index contributed by atoms with van der Waals surface area (Å²) in [6.45, 7) is 11.3. The fourth-order valence-electron chi connectivity index (χ4n) is 4.88. The SMILES string of the molecule is CC(=O)[C@@H](CC(=O)C1=C[C@@H](C(C)(C)C)N(S(=O)(=O)c2ccccc2Br)C1c1ccc(Cl)c(Cl)c1)CC(C)C. The molecule has 0 spiro atoms. The minimum absolute atomic E-state index is 0.0109. The Morgan fingerprint density at radius 3 is 2.21 bits per heavy atom. The normalized spacial score (nSPS) is 19.5. The third-order valence-electron chi connectivity index (χ3n) is 6.78. The first-order valence-electron chi connectivity index (χ1n) is 12.5. The first-order valence-corrected chi connectivity index (χ1v) is 15.5. The quantitative estimate of drug-likeness (QED) is 0.277. The summed E-state index contributed by atoms with van der Waals surface area (Å²) in [4.78, 5) is 26.4. The van der Waals surface area contributed by atoms with Gasteiger partial charge in [0.25, 0.3) is 0 Å². The van der Waals surface area contributed by atoms with E-state index in [1.165, 1.54) is 11.2 Å². The number of benzene rings is 2. The van der Waals surface area contributed by atoms with Gasteiger partial charge in [-0.15, -0.1) is 0 Å². The molecule has 5 nitrogen and oxygen atoms in total. The summed E-state index contributed by atoms with van der Waals surface area (Å²) >= 11 is 16.0. The van der Waals surface area contributed by atoms with Crippen molar-refractivity contribution in [2.45, 2.75) is 71.4 Å². The Morgan fingerprint density at radius 1 is 1.05 bits per heavy atom. The van der Waals surface area contributed by atoms with Gasteiger partial charge in [-0.1, -0.05) is 82.1 Å². The maximum atomic E-state index is 14.3. The lowest BCUT2D eigenvalue weighted by molar-refractivity contribution is -0.125. The highest BCUT2D eigenvalue weighted by Gasteiger charge is 2.50. The van der Waals surface area contributed by atoms with Crippen molar-refractivity contribution in [3.05, 3.63) is 74.2 Å². The van der Waals surface area contributed by atoms with E-state index in [9.17, 15) is 18.0 Å². The largest absolute Gasteiger partial charge is 0.300 e. The predicted molar refractivity (Wildman–Crippen MR) is 157 cm³/mol. The Balaban J connectivity index is 2.24. The van der Waals surface area contributed by atoms with Crippen LogP contribution in [0.15, 0.2) is 63.5 Å². The molecule has 0 saturated carbocycles. The third-order valence-corrected chi connectivity index (χ3v) is 10.4. The van der Waals surface area contributed by atoms with Gasteiger partial charge in [0.1, 0.15) is 5.78 Å². The summed E-state index contributed by atoms with van der Waals surface area (Å²) in [6, 6.07) is 9.96. The van der Waals surface area contributed by atoms with E-state index in [0.29, 0.717) is 27.1 Å². The van der Waals surface area contributed by atoms with Crippen molar-refractivity contribution in [1.82, 2.24) is 4.31 Å². The van der Waals surface area contributed by atoms with E-state index < -0.39 is 33.4 Å². The molecule has 3 atom stereocenters. The number of Topliss-reactive ketones (excluding diaryl/α,β-unsaturated/α-hetero) is 2. The van der Waals surface area contributed by atoms with Gasteiger partial charge >= 0.3 is 0 Å². The molecule has 0 fully saturated rings. The molecular weight excluding hydrogens is 609 g/mol. The molecule has 1 unspecified atom stereocenters. The Morgan fingerprint density at radius 2 is 1.68 bits per heavy atom. The van der Waals surface area contributed by atoms with Crippen LogP contribution >= 0.6 is 39.1 Å². The van der Waals surface area contributed by atoms with Crippen LogP contribution < -0.4 is 0 Å². The summed E-state index contributed by atoms with van der Waals surface area (Å²) in [5.74, 6) is -0.516. The minimum Gasteiger partial charge on any atom is -0.300 e. The average Bonchev–Trinajstić information content (AvgIpc) is 3.22. The van der Waals surface area contributed by atoms with Crippen molar-refractivity contribution in [1.29, 1.82) is 0 Å². The van der Waals surface area contributed by atoms with Gasteiger partial charge in [-0.05, 0) is 70.4 Å². The van der Waals surface area contributed by atoms with Crippen LogP contribution in [0.1, 0.15) is 66.0 Å². The van der Waals surface area contributed by atoms with Crippen LogP contribution in [0.25, 0.3) is 0 Å². The van der Waals surface area contributed by atoms with Crippen LogP contribution in [-0.4, -0.2) is 30.3 Å². The molecule has 2 aromatic rings. The molecule has 1 aliphatic rings. The second kappa shape index (κ2) is 11.9. The molecule has 0 aliphatic carbocycles. The van der Waals surface area contributed by atoms with Crippen LogP contribution in [0.2, 0.25) is 10.0 Å². The second-order valence-electron chi connectivity index (χ2n) is 11.3. The molecule has 0 radical (unpaired) electrons. The van der Waals surface area contributed by atoms with Gasteiger partial charge in [-0.3, -0.25) is 9.59 Å². The number of hydrogen-bond donors (Lipinski definition) is 0. The van der Waals surface area contributed by atoms with Gasteiger partial charge in [0.15, 0.2) is 5.78 Å². The fourth-order valence-corrected chi connectivity index (χ4v) is 8.06. The first-order chi connectivity index (χ1) is 17.6. The summed E-state index contributed by atoms with van der Waals surface area (Å²) in [5.41, 5.74) is 0.321. The zero-order valence-corrected chi connectivity index (χ0v) is 26.4. The number of rotatable bonds is 9. The van der Waals surface area contributed by atoms with Gasteiger partial charge in [0.2, 0.25) is 10.0 Å². The maximum absolute atomic E-state index is 14.3. The minimum atomic E-state index is -4.11. The lowest BCUT2D eigenvalue weighted by atomic mass is 9.85. The molecule has 1 heterocycles. The predicted octanol–water partition coefficient (Wildman–Crippen LogP) is 8.05. The number of carbonyl (C=O) groups is 2. The van der Waals surface area contributed by atoms with Gasteiger partial charge in [-0.25, -0.2) is 8.42 Å². The van der Waals surface area contributed by atoms with Gasteiger partial charge in [0, 0.05) is 28.4 Å². The second-order valence-corrected chi connectivity index (χ2v) is 14.8. The third kappa shape index (κ3) is 6.61. The molecule has 9 heteroatoms. The van der Waals surface area contributed by atoms with Gasteiger partial charge in [0.05, 0.1) is 21.0 Å². The average molecular weight is 643 g/mol. The topological polar surface area (TPSA) is 71.5 Å². The highest BCUT2D eigenvalue weighted by atomic mass is 79.9. The molecule has 3 rings (SSSR count). The zero-order chi connectivity index (χ0) is 28.6. The molecule has 0 amide bonds. The van der Waals surface area contributed by atoms with E-state index in [4.69, 9.17) is 23.2 Å². The van der Waals surface area contributed by atoms with E-state index in [1.54, 1.807) is 48.5 Å². The first kappa shape index (κ1) is 31.0. The van der Waals surface area contributed by atoms with Gasteiger partial charge in [-0.2, -0.15) is 4.31 Å². The molecule has 2 aromatic carbocycles. The number of carbonyl (C=O) groups excluding carboxylic acids is 2. The number of halogens is 3. The standard InChI is InChI=1S/C29H34BrCl2NO4S/c1-17(2)13-20(18(3)34)15-25(35)21-16-27(29(4,5)6)33(28(21)19-11-12-23(31)24(32)14-19)38(36,37)26-10-8-7-9-22(26)30/h7-12,14,16-17,20,27-28H,13,15H2,1-6H3/t20-,27+,28?/m1/s1. The van der Waals surface area contributed by atoms with Crippen molar-refractivity contribution in [3.8, 4) is 0 Å². The lowest BCUT2D eigenvalue weighted by Crippen LogP contribution is -2.45. The summed E-state index contributed by atoms with van der Waals surface area (Å²) in [6.07, 6.45) is 2.35. The number of nitrogens with zero attached hydrogens (tertiary/aromatic N) is 1. The van der Waals surface area contributed by atoms with Crippen molar-refractivity contribution in [3.63, 3.8) is 0 Å². The number of sulfonamides is 1. The summed E-state index contributed by atoms with van der Waals surface area (Å²) in [7, 11) is -4.11. The van der Waals surface area contributed by atoms with Crippen molar-refractivity contribution in [2.75, 3.05) is 0 Å². The molecular formula is C29H34BrCl2NO4S. The van der Waals surface area contributed by atoms with Crippen molar-refractivity contribution in [2.24, 2.45) is 17.3 Å². The Labute approximate surface area is 244 Å². The molecule has 0 N–H and O–H groups in total. The molecule has 0 saturated heterocycles. The lowest BCUT2D eigenvalue weighted by Gasteiger charge is -2.37. The highest BCUT2D eigenvalue weighted by Crippen LogP contribution is 2.48. The highest BCUT2D eigenvalue weighted by molar-refractivity contribution is 9.10.